The lowest BCUT2D eigenvalue weighted by atomic mass is 10.1. The molecule has 0 spiro atoms. The third kappa shape index (κ3) is 4.24. The zero-order valence-corrected chi connectivity index (χ0v) is 14.8. The molecule has 1 amide bonds. The van der Waals surface area contributed by atoms with Gasteiger partial charge in [0.05, 0.1) is 18.3 Å². The first-order valence-corrected chi connectivity index (χ1v) is 8.66. The normalized spacial score (nSPS) is 15.3. The van der Waals surface area contributed by atoms with Gasteiger partial charge in [0, 0.05) is 13.7 Å². The predicted octanol–water partition coefficient (Wildman–Crippen LogP) is 1.59. The fourth-order valence-corrected chi connectivity index (χ4v) is 3.13. The average Bonchev–Trinajstić information content (AvgIpc) is 3.03. The number of nitrogens with zero attached hydrogens (tertiary/aromatic N) is 3. The first kappa shape index (κ1) is 17.6. The quantitative estimate of drug-likeness (QED) is 0.832. The molecular formula is C18H25N5O2. The Hall–Kier alpha value is -2.25. The molecule has 7 nitrogen and oxygen atoms in total. The summed E-state index contributed by atoms with van der Waals surface area (Å²) in [6, 6.07) is 8.32. The number of hydrogen-bond acceptors (Lipinski definition) is 5. The van der Waals surface area contributed by atoms with Crippen LogP contribution in [0.15, 0.2) is 24.3 Å². The minimum Gasteiger partial charge on any atom is -0.380 e. The first-order chi connectivity index (χ1) is 12.2. The summed E-state index contributed by atoms with van der Waals surface area (Å²) < 4.78 is 7.00. The fourth-order valence-electron chi connectivity index (χ4n) is 3.13. The Kier molecular flexibility index (Phi) is 5.78. The Morgan fingerprint density at radius 2 is 1.96 bits per heavy atom. The van der Waals surface area contributed by atoms with Crippen molar-refractivity contribution in [2.75, 3.05) is 20.2 Å². The van der Waals surface area contributed by atoms with Crippen LogP contribution in [-0.4, -0.2) is 41.1 Å². The van der Waals surface area contributed by atoms with E-state index in [2.05, 4.69) is 20.9 Å². The van der Waals surface area contributed by atoms with Gasteiger partial charge in [0.15, 0.2) is 5.69 Å². The minimum atomic E-state index is -0.182. The monoisotopic (exact) mass is 343 g/mol. The van der Waals surface area contributed by atoms with Crippen molar-refractivity contribution in [1.29, 1.82) is 0 Å². The van der Waals surface area contributed by atoms with Crippen LogP contribution in [0.1, 0.15) is 46.2 Å². The van der Waals surface area contributed by atoms with Crippen LogP contribution in [0.5, 0.6) is 0 Å². The van der Waals surface area contributed by atoms with E-state index in [4.69, 9.17) is 4.74 Å². The molecule has 25 heavy (non-hydrogen) atoms. The zero-order valence-electron chi connectivity index (χ0n) is 14.8. The number of carbonyl (C=O) groups excluding carboxylic acids is 1. The van der Waals surface area contributed by atoms with Crippen LogP contribution in [0.2, 0.25) is 0 Å². The number of carbonyl (C=O) groups is 1. The van der Waals surface area contributed by atoms with Gasteiger partial charge in [-0.05, 0) is 44.0 Å². The molecule has 1 aromatic heterocycles. The highest BCUT2D eigenvalue weighted by Crippen LogP contribution is 2.20. The van der Waals surface area contributed by atoms with E-state index in [-0.39, 0.29) is 5.91 Å². The Morgan fingerprint density at radius 1 is 1.28 bits per heavy atom. The molecule has 0 atom stereocenters. The fraction of sp³-hybridized carbons (Fsp3) is 0.500. The van der Waals surface area contributed by atoms with E-state index < -0.39 is 0 Å². The molecule has 0 saturated carbocycles. The number of benzene rings is 1. The molecule has 2 heterocycles. The van der Waals surface area contributed by atoms with Gasteiger partial charge in [-0.15, -0.1) is 5.10 Å². The first-order valence-electron chi connectivity index (χ1n) is 8.66. The molecule has 1 aliphatic heterocycles. The number of methoxy groups -OCH3 is 1. The van der Waals surface area contributed by atoms with Crippen molar-refractivity contribution in [3.05, 3.63) is 46.8 Å². The number of aromatic nitrogens is 3. The Morgan fingerprint density at radius 3 is 2.64 bits per heavy atom. The van der Waals surface area contributed by atoms with E-state index >= 15 is 0 Å². The summed E-state index contributed by atoms with van der Waals surface area (Å²) in [4.78, 5) is 12.4. The Labute approximate surface area is 147 Å². The maximum atomic E-state index is 12.4. The van der Waals surface area contributed by atoms with Crippen molar-refractivity contribution >= 4 is 5.91 Å². The largest absolute Gasteiger partial charge is 0.380 e. The highest BCUT2D eigenvalue weighted by atomic mass is 16.5. The maximum absolute atomic E-state index is 12.4. The average molecular weight is 343 g/mol. The van der Waals surface area contributed by atoms with Crippen LogP contribution in [0.4, 0.5) is 0 Å². The van der Waals surface area contributed by atoms with Gasteiger partial charge in [-0.25, -0.2) is 4.68 Å². The maximum Gasteiger partial charge on any atom is 0.274 e. The van der Waals surface area contributed by atoms with Crippen molar-refractivity contribution in [1.82, 2.24) is 25.6 Å². The summed E-state index contributed by atoms with van der Waals surface area (Å²) in [6.45, 7) is 4.92. The van der Waals surface area contributed by atoms with Crippen LogP contribution in [0, 0.1) is 6.92 Å². The number of piperidine rings is 1. The number of nitrogens with one attached hydrogen (secondary N) is 2. The number of hydrogen-bond donors (Lipinski definition) is 2. The van der Waals surface area contributed by atoms with E-state index in [1.807, 2.05) is 35.9 Å². The van der Waals surface area contributed by atoms with Crippen LogP contribution < -0.4 is 10.6 Å². The van der Waals surface area contributed by atoms with E-state index in [0.717, 1.165) is 42.8 Å². The molecule has 0 unspecified atom stereocenters. The molecule has 0 radical (unpaired) electrons. The second kappa shape index (κ2) is 8.22. The number of rotatable bonds is 6. The van der Waals surface area contributed by atoms with Gasteiger partial charge >= 0.3 is 0 Å². The summed E-state index contributed by atoms with van der Waals surface area (Å²) in [5, 5.41) is 14.6. The molecule has 7 heteroatoms. The SMILES string of the molecule is COCc1ccc(CNC(=O)c2nnn(C3CCNCC3)c2C)cc1. The minimum absolute atomic E-state index is 0.182. The van der Waals surface area contributed by atoms with Gasteiger partial charge in [-0.3, -0.25) is 4.79 Å². The molecule has 0 bridgehead atoms. The van der Waals surface area contributed by atoms with Gasteiger partial charge in [0.25, 0.3) is 5.91 Å². The lowest BCUT2D eigenvalue weighted by molar-refractivity contribution is 0.0945. The van der Waals surface area contributed by atoms with Gasteiger partial charge < -0.3 is 15.4 Å². The highest BCUT2D eigenvalue weighted by molar-refractivity contribution is 5.93. The van der Waals surface area contributed by atoms with E-state index in [1.54, 1.807) is 7.11 Å². The molecule has 3 rings (SSSR count). The van der Waals surface area contributed by atoms with E-state index in [1.165, 1.54) is 0 Å². The molecule has 1 aliphatic rings. The van der Waals surface area contributed by atoms with E-state index in [0.29, 0.717) is 24.9 Å². The summed E-state index contributed by atoms with van der Waals surface area (Å²) in [7, 11) is 1.67. The van der Waals surface area contributed by atoms with E-state index in [9.17, 15) is 4.79 Å². The smallest absolute Gasteiger partial charge is 0.274 e. The van der Waals surface area contributed by atoms with Crippen molar-refractivity contribution in [2.24, 2.45) is 0 Å². The molecular weight excluding hydrogens is 318 g/mol. The molecule has 134 valence electrons. The molecule has 2 aromatic rings. The standard InChI is InChI=1S/C18H25N5O2/c1-13-17(21-22-23(13)16-7-9-19-10-8-16)18(24)20-11-14-3-5-15(6-4-14)12-25-2/h3-6,16,19H,7-12H2,1-2H3,(H,20,24). The van der Waals surface area contributed by atoms with Crippen LogP contribution in [0.3, 0.4) is 0 Å². The zero-order chi connectivity index (χ0) is 17.6. The second-order valence-electron chi connectivity index (χ2n) is 6.38. The topological polar surface area (TPSA) is 81.1 Å². The van der Waals surface area contributed by atoms with Crippen LogP contribution in [0.25, 0.3) is 0 Å². The summed E-state index contributed by atoms with van der Waals surface area (Å²) in [6.07, 6.45) is 2.03. The summed E-state index contributed by atoms with van der Waals surface area (Å²) >= 11 is 0. The Bertz CT molecular complexity index is 705. The lowest BCUT2D eigenvalue weighted by Crippen LogP contribution is -2.30. The lowest BCUT2D eigenvalue weighted by Gasteiger charge is -2.23. The second-order valence-corrected chi connectivity index (χ2v) is 6.38. The predicted molar refractivity (Wildman–Crippen MR) is 94.2 cm³/mol. The van der Waals surface area contributed by atoms with Crippen molar-refractivity contribution < 1.29 is 9.53 Å². The van der Waals surface area contributed by atoms with Crippen LogP contribution in [-0.2, 0) is 17.9 Å². The molecule has 1 aromatic carbocycles. The number of amides is 1. The molecule has 1 saturated heterocycles. The molecule has 0 aliphatic carbocycles. The van der Waals surface area contributed by atoms with Crippen molar-refractivity contribution in [3.63, 3.8) is 0 Å². The van der Waals surface area contributed by atoms with Crippen LogP contribution >= 0.6 is 0 Å². The van der Waals surface area contributed by atoms with Crippen molar-refractivity contribution in [3.8, 4) is 0 Å². The summed E-state index contributed by atoms with van der Waals surface area (Å²) in [5.74, 6) is -0.182. The Balaban J connectivity index is 1.60. The third-order valence-corrected chi connectivity index (χ3v) is 4.58. The highest BCUT2D eigenvalue weighted by Gasteiger charge is 2.22. The van der Waals surface area contributed by atoms with Gasteiger partial charge in [-0.2, -0.15) is 0 Å². The third-order valence-electron chi connectivity index (χ3n) is 4.58. The molecule has 1 fully saturated rings. The van der Waals surface area contributed by atoms with Crippen molar-refractivity contribution in [2.45, 2.75) is 39.0 Å². The van der Waals surface area contributed by atoms with Gasteiger partial charge in [0.2, 0.25) is 0 Å². The molecule has 2 N–H and O–H groups in total. The number of ether oxygens (including phenoxy) is 1. The summed E-state index contributed by atoms with van der Waals surface area (Å²) in [5.41, 5.74) is 3.39. The van der Waals surface area contributed by atoms with Gasteiger partial charge in [0.1, 0.15) is 0 Å². The van der Waals surface area contributed by atoms with Gasteiger partial charge in [-0.1, -0.05) is 29.5 Å².